The van der Waals surface area contributed by atoms with Crippen molar-refractivity contribution in [3.8, 4) is 5.75 Å². The number of rotatable bonds is 3. The summed E-state index contributed by atoms with van der Waals surface area (Å²) in [4.78, 5) is 36.8. The van der Waals surface area contributed by atoms with Gasteiger partial charge in [0.05, 0.1) is 13.5 Å². The molecule has 3 heterocycles. The molecule has 2 aliphatic heterocycles. The number of methoxy groups -OCH3 is 1. The predicted molar refractivity (Wildman–Crippen MR) is 78.1 cm³/mol. The number of amides is 1. The van der Waals surface area contributed by atoms with Crippen molar-refractivity contribution in [3.05, 3.63) is 28.2 Å². The maximum atomic E-state index is 13.6. The van der Waals surface area contributed by atoms with Crippen LogP contribution in [0.5, 0.6) is 5.75 Å². The van der Waals surface area contributed by atoms with Crippen molar-refractivity contribution >= 4 is 12.1 Å². The lowest BCUT2D eigenvalue weighted by atomic mass is 10.0. The molecule has 3 rings (SSSR count). The molecule has 1 aromatic rings. The fraction of sp³-hybridized carbons (Fsp3) is 0.500. The SMILES string of the molecule is COC(=O)OCOc1c2n(ccc1=O)NC1CC(F)(F)CCN1C2=O. The van der Waals surface area contributed by atoms with Gasteiger partial charge in [0, 0.05) is 25.2 Å². The molecule has 1 amide bonds. The zero-order valence-electron chi connectivity index (χ0n) is 13.2. The molecule has 1 unspecified atom stereocenters. The number of alkyl halides is 2. The minimum Gasteiger partial charge on any atom is -0.451 e. The standard InChI is InChI=1S/C14H15F2N3O6/c1-23-13(22)25-7-24-11-8(20)2-4-19-10(11)12(21)18-5-3-14(15,16)6-9(18)17-19/h2,4,9,17H,3,5-7H2,1H3. The summed E-state index contributed by atoms with van der Waals surface area (Å²) in [6.07, 6.45) is -1.66. The molecule has 0 spiro atoms. The Kier molecular flexibility index (Phi) is 4.23. The second-order valence-corrected chi connectivity index (χ2v) is 5.54. The largest absolute Gasteiger partial charge is 0.510 e. The quantitative estimate of drug-likeness (QED) is 0.627. The van der Waals surface area contributed by atoms with Crippen molar-refractivity contribution < 1.29 is 32.6 Å². The van der Waals surface area contributed by atoms with Crippen LogP contribution in [-0.4, -0.2) is 54.2 Å². The number of hydrogen-bond donors (Lipinski definition) is 1. The summed E-state index contributed by atoms with van der Waals surface area (Å²) >= 11 is 0. The zero-order chi connectivity index (χ0) is 18.2. The van der Waals surface area contributed by atoms with Gasteiger partial charge in [-0.25, -0.2) is 13.6 Å². The summed E-state index contributed by atoms with van der Waals surface area (Å²) in [7, 11) is 1.10. The lowest BCUT2D eigenvalue weighted by Gasteiger charge is -2.43. The van der Waals surface area contributed by atoms with E-state index in [9.17, 15) is 23.2 Å². The average Bonchev–Trinajstić information content (AvgIpc) is 2.55. The fourth-order valence-electron chi connectivity index (χ4n) is 2.75. The highest BCUT2D eigenvalue weighted by molar-refractivity contribution is 5.96. The number of fused-ring (bicyclic) bond motifs is 2. The third kappa shape index (κ3) is 3.21. The van der Waals surface area contributed by atoms with Gasteiger partial charge in [0.1, 0.15) is 6.17 Å². The molecule has 1 N–H and O–H groups in total. The van der Waals surface area contributed by atoms with E-state index in [2.05, 4.69) is 14.9 Å². The lowest BCUT2D eigenvalue weighted by molar-refractivity contribution is -0.0693. The number of nitrogens with one attached hydrogen (secondary N) is 1. The van der Waals surface area contributed by atoms with Crippen molar-refractivity contribution in [1.29, 1.82) is 0 Å². The first-order valence-corrected chi connectivity index (χ1v) is 7.37. The highest BCUT2D eigenvalue weighted by atomic mass is 19.3. The van der Waals surface area contributed by atoms with Gasteiger partial charge < -0.3 is 24.5 Å². The number of halogens is 2. The number of carbonyl (C=O) groups excluding carboxylic acids is 2. The zero-order valence-corrected chi connectivity index (χ0v) is 13.2. The maximum absolute atomic E-state index is 13.6. The minimum absolute atomic E-state index is 0.151. The highest BCUT2D eigenvalue weighted by Gasteiger charge is 2.46. The lowest BCUT2D eigenvalue weighted by Crippen LogP contribution is -2.59. The van der Waals surface area contributed by atoms with Gasteiger partial charge in [-0.2, -0.15) is 0 Å². The molecular weight excluding hydrogens is 344 g/mol. The van der Waals surface area contributed by atoms with Crippen LogP contribution in [0.1, 0.15) is 23.3 Å². The molecule has 1 atom stereocenters. The van der Waals surface area contributed by atoms with E-state index in [0.29, 0.717) is 0 Å². The Morgan fingerprint density at radius 1 is 1.44 bits per heavy atom. The number of piperidine rings is 1. The smallest absolute Gasteiger partial charge is 0.451 e. The first-order chi connectivity index (χ1) is 11.8. The highest BCUT2D eigenvalue weighted by Crippen LogP contribution is 2.34. The van der Waals surface area contributed by atoms with E-state index in [1.807, 2.05) is 0 Å². The van der Waals surface area contributed by atoms with Crippen molar-refractivity contribution in [2.75, 3.05) is 25.9 Å². The Balaban J connectivity index is 1.88. The van der Waals surface area contributed by atoms with E-state index in [4.69, 9.17) is 4.74 Å². The number of hydrogen-bond acceptors (Lipinski definition) is 7. The van der Waals surface area contributed by atoms with Crippen LogP contribution in [0, 0.1) is 0 Å². The summed E-state index contributed by atoms with van der Waals surface area (Å²) in [6.45, 7) is -0.807. The Bertz CT molecular complexity index is 765. The van der Waals surface area contributed by atoms with E-state index in [0.717, 1.165) is 13.2 Å². The summed E-state index contributed by atoms with van der Waals surface area (Å²) in [5, 5.41) is 0. The molecule has 1 fully saturated rings. The summed E-state index contributed by atoms with van der Waals surface area (Å²) in [6, 6.07) is 1.11. The van der Waals surface area contributed by atoms with Gasteiger partial charge in [-0.15, -0.1) is 0 Å². The maximum Gasteiger partial charge on any atom is 0.510 e. The molecule has 11 heteroatoms. The minimum atomic E-state index is -2.88. The number of carbonyl (C=O) groups is 2. The molecule has 136 valence electrons. The van der Waals surface area contributed by atoms with E-state index in [1.165, 1.54) is 15.8 Å². The Hall–Kier alpha value is -2.85. The average molecular weight is 359 g/mol. The van der Waals surface area contributed by atoms with Gasteiger partial charge in [-0.3, -0.25) is 14.3 Å². The van der Waals surface area contributed by atoms with E-state index >= 15 is 0 Å². The number of nitrogens with zero attached hydrogens (tertiary/aromatic N) is 2. The first kappa shape index (κ1) is 17.0. The normalized spacial score (nSPS) is 20.8. The Morgan fingerprint density at radius 3 is 2.92 bits per heavy atom. The number of aromatic nitrogens is 1. The van der Waals surface area contributed by atoms with Crippen LogP contribution in [0.25, 0.3) is 0 Å². The van der Waals surface area contributed by atoms with Crippen molar-refractivity contribution in [2.24, 2.45) is 0 Å². The molecule has 2 aliphatic rings. The molecular formula is C14H15F2N3O6. The Labute approximate surface area is 140 Å². The van der Waals surface area contributed by atoms with Crippen molar-refractivity contribution in [1.82, 2.24) is 9.58 Å². The third-order valence-electron chi connectivity index (χ3n) is 3.94. The monoisotopic (exact) mass is 359 g/mol. The second-order valence-electron chi connectivity index (χ2n) is 5.54. The molecule has 0 aromatic carbocycles. The van der Waals surface area contributed by atoms with Crippen LogP contribution < -0.4 is 15.6 Å². The third-order valence-corrected chi connectivity index (χ3v) is 3.94. The number of ether oxygens (including phenoxy) is 3. The first-order valence-electron chi connectivity index (χ1n) is 7.37. The number of pyridine rings is 1. The van der Waals surface area contributed by atoms with E-state index in [1.54, 1.807) is 0 Å². The van der Waals surface area contributed by atoms with Crippen LogP contribution >= 0.6 is 0 Å². The van der Waals surface area contributed by atoms with E-state index < -0.39 is 49.2 Å². The molecule has 9 nitrogen and oxygen atoms in total. The van der Waals surface area contributed by atoms with Gasteiger partial charge >= 0.3 is 6.16 Å². The summed E-state index contributed by atoms with van der Waals surface area (Å²) in [5.41, 5.74) is 1.99. The van der Waals surface area contributed by atoms with Gasteiger partial charge in [0.15, 0.2) is 5.69 Å². The molecule has 1 saturated heterocycles. The van der Waals surface area contributed by atoms with Gasteiger partial charge in [0.2, 0.25) is 18.0 Å². The van der Waals surface area contributed by atoms with Gasteiger partial charge in [-0.05, 0) is 0 Å². The van der Waals surface area contributed by atoms with Gasteiger partial charge in [-0.1, -0.05) is 0 Å². The molecule has 0 radical (unpaired) electrons. The predicted octanol–water partition coefficient (Wildman–Crippen LogP) is 0.722. The summed E-state index contributed by atoms with van der Waals surface area (Å²) in [5.74, 6) is -3.84. The molecule has 1 aromatic heterocycles. The molecule has 0 saturated carbocycles. The van der Waals surface area contributed by atoms with Crippen molar-refractivity contribution in [3.63, 3.8) is 0 Å². The van der Waals surface area contributed by atoms with Crippen LogP contribution in [0.2, 0.25) is 0 Å². The van der Waals surface area contributed by atoms with Crippen LogP contribution in [0.4, 0.5) is 13.6 Å². The molecule has 0 bridgehead atoms. The fourth-order valence-corrected chi connectivity index (χ4v) is 2.75. The Morgan fingerprint density at radius 2 is 2.20 bits per heavy atom. The van der Waals surface area contributed by atoms with Crippen LogP contribution in [0.15, 0.2) is 17.1 Å². The molecule has 25 heavy (non-hydrogen) atoms. The molecule has 0 aliphatic carbocycles. The topological polar surface area (TPSA) is 99.1 Å². The summed E-state index contributed by atoms with van der Waals surface area (Å²) < 4.78 is 42.2. The second kappa shape index (κ2) is 6.22. The van der Waals surface area contributed by atoms with E-state index in [-0.39, 0.29) is 18.0 Å². The van der Waals surface area contributed by atoms with Crippen LogP contribution in [-0.2, 0) is 9.47 Å². The van der Waals surface area contributed by atoms with Gasteiger partial charge in [0.25, 0.3) is 11.8 Å². The van der Waals surface area contributed by atoms with Crippen LogP contribution in [0.3, 0.4) is 0 Å². The van der Waals surface area contributed by atoms with Crippen molar-refractivity contribution in [2.45, 2.75) is 24.9 Å².